The number of hydrogen-bond acceptors (Lipinski definition) is 8. The average Bonchev–Trinajstić information content (AvgIpc) is 3.17. The van der Waals surface area contributed by atoms with Gasteiger partial charge in [0.15, 0.2) is 0 Å². The number of esters is 1. The van der Waals surface area contributed by atoms with E-state index in [4.69, 9.17) is 4.74 Å². The normalized spacial score (nSPS) is 15.3. The Morgan fingerprint density at radius 2 is 1.49 bits per heavy atom. The number of imide groups is 1. The lowest BCUT2D eigenvalue weighted by Crippen LogP contribution is -2.56. The van der Waals surface area contributed by atoms with E-state index in [0.29, 0.717) is 29.7 Å². The van der Waals surface area contributed by atoms with E-state index >= 15 is 0 Å². The minimum Gasteiger partial charge on any atom is -0.459 e. The van der Waals surface area contributed by atoms with E-state index in [2.05, 4.69) is 16.0 Å². The van der Waals surface area contributed by atoms with Gasteiger partial charge in [-0.15, -0.1) is 0 Å². The second-order valence-corrected chi connectivity index (χ2v) is 13.2. The van der Waals surface area contributed by atoms with E-state index in [1.54, 1.807) is 44.7 Å². The van der Waals surface area contributed by atoms with Crippen LogP contribution in [0.5, 0.6) is 0 Å². The van der Waals surface area contributed by atoms with Gasteiger partial charge in [0, 0.05) is 13.6 Å². The first-order valence-corrected chi connectivity index (χ1v) is 16.0. The summed E-state index contributed by atoms with van der Waals surface area (Å²) in [6.45, 7) is 9.09. The van der Waals surface area contributed by atoms with Crippen molar-refractivity contribution >= 4 is 52.1 Å². The van der Waals surface area contributed by atoms with E-state index in [1.807, 2.05) is 44.4 Å². The maximum atomic E-state index is 13.5. The molecule has 4 amide bonds. The van der Waals surface area contributed by atoms with Crippen molar-refractivity contribution in [2.75, 3.05) is 25.6 Å². The van der Waals surface area contributed by atoms with E-state index < -0.39 is 47.4 Å². The third kappa shape index (κ3) is 9.03. The third-order valence-corrected chi connectivity index (χ3v) is 7.73. The largest absolute Gasteiger partial charge is 0.459 e. The summed E-state index contributed by atoms with van der Waals surface area (Å²) >= 11 is 1.57. The van der Waals surface area contributed by atoms with Gasteiger partial charge >= 0.3 is 5.97 Å². The van der Waals surface area contributed by atoms with Crippen LogP contribution in [0, 0.1) is 5.92 Å². The van der Waals surface area contributed by atoms with E-state index in [-0.39, 0.29) is 24.8 Å². The second kappa shape index (κ2) is 14.8. The number of hydrogen-bond donors (Lipinski definition) is 3. The first kappa shape index (κ1) is 34.1. The first-order chi connectivity index (χ1) is 20.2. The highest BCUT2D eigenvalue weighted by atomic mass is 32.2. The first-order valence-electron chi connectivity index (χ1n) is 14.6. The number of carbonyl (C=O) groups is 5. The van der Waals surface area contributed by atoms with Crippen molar-refractivity contribution in [1.29, 1.82) is 0 Å². The molecule has 0 aliphatic carbocycles. The third-order valence-electron chi connectivity index (χ3n) is 7.09. The lowest BCUT2D eigenvalue weighted by atomic mass is 10.0. The summed E-state index contributed by atoms with van der Waals surface area (Å²) in [6.07, 6.45) is 2.79. The molecule has 0 fully saturated rings. The lowest BCUT2D eigenvalue weighted by molar-refractivity contribution is -0.158. The fourth-order valence-electron chi connectivity index (χ4n) is 5.00. The van der Waals surface area contributed by atoms with Gasteiger partial charge in [0.1, 0.15) is 17.7 Å². The molecular formula is C32H44N4O6S. The fourth-order valence-corrected chi connectivity index (χ4v) is 5.47. The molecule has 3 rings (SSSR count). The Morgan fingerprint density at radius 1 is 0.907 bits per heavy atom. The van der Waals surface area contributed by atoms with Crippen LogP contribution >= 0.6 is 11.8 Å². The van der Waals surface area contributed by atoms with Crippen LogP contribution in [-0.4, -0.2) is 83.8 Å². The van der Waals surface area contributed by atoms with Gasteiger partial charge in [0.05, 0.1) is 17.2 Å². The minimum atomic E-state index is -0.998. The molecule has 0 spiro atoms. The van der Waals surface area contributed by atoms with Gasteiger partial charge in [-0.25, -0.2) is 0 Å². The van der Waals surface area contributed by atoms with Gasteiger partial charge in [-0.3, -0.25) is 34.2 Å². The Labute approximate surface area is 258 Å². The minimum absolute atomic E-state index is 0.0348. The SMILES string of the molecule is CNC(=O)[C@H](CCSC)NC(=O)[C@H](CC(C)C)N[C@H](CCN1C(=O)c2cc3ccccc3cc2C1=O)C(=O)OC(C)(C)C. The van der Waals surface area contributed by atoms with Gasteiger partial charge in [-0.1, -0.05) is 38.1 Å². The van der Waals surface area contributed by atoms with Crippen molar-refractivity contribution in [3.05, 3.63) is 47.5 Å². The second-order valence-electron chi connectivity index (χ2n) is 12.2. The summed E-state index contributed by atoms with van der Waals surface area (Å²) in [6, 6.07) is 8.39. The fraction of sp³-hybridized carbons (Fsp3) is 0.531. The van der Waals surface area contributed by atoms with Crippen molar-refractivity contribution in [2.24, 2.45) is 5.92 Å². The Balaban J connectivity index is 1.83. The molecule has 11 heteroatoms. The van der Waals surface area contributed by atoms with Gasteiger partial charge in [-0.05, 0) is 80.9 Å². The van der Waals surface area contributed by atoms with Gasteiger partial charge in [-0.2, -0.15) is 11.8 Å². The van der Waals surface area contributed by atoms with Crippen LogP contribution in [-0.2, 0) is 19.1 Å². The summed E-state index contributed by atoms with van der Waals surface area (Å²) in [5, 5.41) is 10.3. The molecule has 1 heterocycles. The molecule has 10 nitrogen and oxygen atoms in total. The van der Waals surface area contributed by atoms with Crippen LogP contribution in [0.15, 0.2) is 36.4 Å². The highest BCUT2D eigenvalue weighted by Crippen LogP contribution is 2.28. The molecule has 2 aromatic carbocycles. The van der Waals surface area contributed by atoms with Crippen molar-refractivity contribution in [3.63, 3.8) is 0 Å². The maximum Gasteiger partial charge on any atom is 0.323 e. The molecule has 1 aliphatic rings. The molecular weight excluding hydrogens is 568 g/mol. The average molecular weight is 613 g/mol. The summed E-state index contributed by atoms with van der Waals surface area (Å²) in [5.41, 5.74) is -0.147. The predicted octanol–water partition coefficient (Wildman–Crippen LogP) is 3.52. The number of amides is 4. The molecule has 3 N–H and O–H groups in total. The Hall–Kier alpha value is -3.44. The molecule has 1 aliphatic heterocycles. The topological polar surface area (TPSA) is 134 Å². The number of rotatable bonds is 14. The van der Waals surface area contributed by atoms with Gasteiger partial charge < -0.3 is 15.4 Å². The highest BCUT2D eigenvalue weighted by molar-refractivity contribution is 7.98. The summed E-state index contributed by atoms with van der Waals surface area (Å²) < 4.78 is 5.67. The van der Waals surface area contributed by atoms with Crippen LogP contribution in [0.25, 0.3) is 10.8 Å². The smallest absolute Gasteiger partial charge is 0.323 e. The summed E-state index contributed by atoms with van der Waals surface area (Å²) in [7, 11) is 1.52. The van der Waals surface area contributed by atoms with Crippen molar-refractivity contribution in [3.8, 4) is 0 Å². The van der Waals surface area contributed by atoms with Crippen molar-refractivity contribution < 1.29 is 28.7 Å². The number of ether oxygens (including phenoxy) is 1. The number of nitrogens with one attached hydrogen (secondary N) is 3. The van der Waals surface area contributed by atoms with Crippen LogP contribution < -0.4 is 16.0 Å². The van der Waals surface area contributed by atoms with Crippen LogP contribution in [0.4, 0.5) is 0 Å². The Kier molecular flexibility index (Phi) is 11.7. The summed E-state index contributed by atoms with van der Waals surface area (Å²) in [4.78, 5) is 67.1. The summed E-state index contributed by atoms with van der Waals surface area (Å²) in [5.74, 6) is -1.40. The molecule has 0 bridgehead atoms. The van der Waals surface area contributed by atoms with Crippen molar-refractivity contribution in [1.82, 2.24) is 20.9 Å². The zero-order valence-electron chi connectivity index (χ0n) is 26.1. The van der Waals surface area contributed by atoms with Gasteiger partial charge in [0.25, 0.3) is 11.8 Å². The highest BCUT2D eigenvalue weighted by Gasteiger charge is 2.38. The molecule has 0 aromatic heterocycles. The predicted molar refractivity (Wildman–Crippen MR) is 169 cm³/mol. The van der Waals surface area contributed by atoms with E-state index in [0.717, 1.165) is 15.7 Å². The molecule has 0 saturated heterocycles. The molecule has 0 unspecified atom stereocenters. The molecule has 2 aromatic rings. The number of carbonyl (C=O) groups excluding carboxylic acids is 5. The number of likely N-dealkylation sites (N-methyl/N-ethyl adjacent to an activating group) is 1. The number of benzene rings is 2. The zero-order valence-corrected chi connectivity index (χ0v) is 26.9. The molecule has 0 radical (unpaired) electrons. The maximum absolute atomic E-state index is 13.5. The zero-order chi connectivity index (χ0) is 31.9. The van der Waals surface area contributed by atoms with E-state index in [1.165, 1.54) is 7.05 Å². The molecule has 43 heavy (non-hydrogen) atoms. The monoisotopic (exact) mass is 612 g/mol. The van der Waals surface area contributed by atoms with Crippen molar-refractivity contribution in [2.45, 2.75) is 77.6 Å². The quantitative estimate of drug-likeness (QED) is 0.218. The van der Waals surface area contributed by atoms with Crippen LogP contribution in [0.1, 0.15) is 74.6 Å². The number of fused-ring (bicyclic) bond motifs is 2. The number of nitrogens with zero attached hydrogens (tertiary/aromatic N) is 1. The molecule has 3 atom stereocenters. The van der Waals surface area contributed by atoms with Crippen LogP contribution in [0.3, 0.4) is 0 Å². The standard InChI is InChI=1S/C32H44N4O6S/c1-19(2)16-26(28(38)35-24(13-15-43-7)27(37)33-6)34-25(31(41)42-32(3,4)5)12-14-36-29(39)22-17-20-10-8-9-11-21(20)18-23(22)30(36)40/h8-11,17-19,24-26,34H,12-16H2,1-7H3,(H,33,37)(H,35,38)/t24-,25+,26-/m0/s1. The lowest BCUT2D eigenvalue weighted by Gasteiger charge is -2.30. The van der Waals surface area contributed by atoms with Crippen LogP contribution in [0.2, 0.25) is 0 Å². The number of thioether (sulfide) groups is 1. The molecule has 0 saturated carbocycles. The van der Waals surface area contributed by atoms with Gasteiger partial charge in [0.2, 0.25) is 11.8 Å². The Bertz CT molecular complexity index is 1300. The van der Waals surface area contributed by atoms with E-state index in [9.17, 15) is 24.0 Å². The molecule has 234 valence electrons. The Morgan fingerprint density at radius 3 is 1.98 bits per heavy atom.